The molecule has 20 heavy (non-hydrogen) atoms. The van der Waals surface area contributed by atoms with Crippen LogP contribution >= 0.6 is 27.5 Å². The molecular formula is C12H9BrClN3O3. The van der Waals surface area contributed by atoms with Crippen LogP contribution in [0.5, 0.6) is 0 Å². The summed E-state index contributed by atoms with van der Waals surface area (Å²) >= 11 is 8.84. The molecule has 0 fully saturated rings. The first-order chi connectivity index (χ1) is 9.40. The van der Waals surface area contributed by atoms with Gasteiger partial charge in [0.05, 0.1) is 0 Å². The van der Waals surface area contributed by atoms with E-state index in [1.807, 2.05) is 0 Å². The van der Waals surface area contributed by atoms with E-state index >= 15 is 0 Å². The van der Waals surface area contributed by atoms with Gasteiger partial charge in [-0.1, -0.05) is 23.7 Å². The van der Waals surface area contributed by atoms with Crippen LogP contribution in [0.2, 0.25) is 5.02 Å². The molecule has 0 aliphatic heterocycles. The number of carbonyl (C=O) groups is 1. The number of aromatic nitrogens is 2. The Morgan fingerprint density at radius 3 is 2.85 bits per heavy atom. The second kappa shape index (κ2) is 5.72. The van der Waals surface area contributed by atoms with E-state index in [0.717, 1.165) is 0 Å². The smallest absolute Gasteiger partial charge is 0.357 e. The Kier molecular flexibility index (Phi) is 4.20. The molecule has 0 radical (unpaired) electrons. The van der Waals surface area contributed by atoms with Crippen LogP contribution in [0.3, 0.4) is 0 Å². The monoisotopic (exact) mass is 357 g/mol. The maximum atomic E-state index is 12.2. The maximum absolute atomic E-state index is 12.2. The van der Waals surface area contributed by atoms with Gasteiger partial charge in [0.15, 0.2) is 12.4 Å². The lowest BCUT2D eigenvalue weighted by molar-refractivity contribution is -0.392. The average Bonchev–Trinajstić information content (AvgIpc) is 2.64. The van der Waals surface area contributed by atoms with Crippen molar-refractivity contribution in [2.24, 2.45) is 0 Å². The van der Waals surface area contributed by atoms with E-state index in [1.165, 1.54) is 10.6 Å². The summed E-state index contributed by atoms with van der Waals surface area (Å²) in [6.45, 7) is 1.43. The topological polar surface area (TPSA) is 78.0 Å². The fourth-order valence-electron chi connectivity index (χ4n) is 1.78. The van der Waals surface area contributed by atoms with Crippen molar-refractivity contribution in [2.75, 3.05) is 0 Å². The molecule has 1 aromatic heterocycles. The van der Waals surface area contributed by atoms with Crippen LogP contribution in [-0.2, 0) is 6.54 Å². The summed E-state index contributed by atoms with van der Waals surface area (Å²) < 4.78 is 1.37. The number of hydrogen-bond acceptors (Lipinski definition) is 4. The Labute approximate surface area is 127 Å². The number of imidazole rings is 1. The molecule has 0 N–H and O–H groups in total. The molecule has 6 nitrogen and oxygen atoms in total. The minimum atomic E-state index is -0.574. The van der Waals surface area contributed by atoms with Gasteiger partial charge in [-0.05, 0) is 33.0 Å². The molecule has 0 unspecified atom stereocenters. The Bertz CT molecular complexity index is 699. The molecule has 1 aromatic carbocycles. The zero-order chi connectivity index (χ0) is 14.9. The van der Waals surface area contributed by atoms with Crippen molar-refractivity contribution in [1.82, 2.24) is 9.55 Å². The van der Waals surface area contributed by atoms with E-state index in [0.29, 0.717) is 16.4 Å². The Hall–Kier alpha value is -1.73. The van der Waals surface area contributed by atoms with E-state index in [-0.39, 0.29) is 22.7 Å². The molecule has 0 saturated carbocycles. The van der Waals surface area contributed by atoms with Gasteiger partial charge in [-0.3, -0.25) is 4.79 Å². The molecule has 0 bridgehead atoms. The predicted octanol–water partition coefficient (Wildman–Crippen LogP) is 3.40. The number of aryl methyl sites for hydroxylation is 1. The zero-order valence-electron chi connectivity index (χ0n) is 10.3. The minimum Gasteiger partial charge on any atom is -0.358 e. The molecule has 2 aromatic rings. The number of carbonyl (C=O) groups excluding carboxylic acids is 1. The van der Waals surface area contributed by atoms with Crippen LogP contribution in [0.4, 0.5) is 5.82 Å². The molecule has 0 aliphatic rings. The molecule has 2 rings (SSSR count). The lowest BCUT2D eigenvalue weighted by Gasteiger charge is -2.03. The molecule has 0 saturated heterocycles. The largest absolute Gasteiger partial charge is 0.358 e. The lowest BCUT2D eigenvalue weighted by atomic mass is 10.1. The summed E-state index contributed by atoms with van der Waals surface area (Å²) in [6, 6.07) is 6.44. The number of Topliss-reactive ketones (excluding diaryl/α,β-unsaturated/α-hetero) is 1. The molecule has 0 aliphatic carbocycles. The van der Waals surface area contributed by atoms with Crippen molar-refractivity contribution in [1.29, 1.82) is 0 Å². The lowest BCUT2D eigenvalue weighted by Crippen LogP contribution is -2.13. The van der Waals surface area contributed by atoms with Crippen LogP contribution in [0, 0.1) is 17.0 Å². The van der Waals surface area contributed by atoms with Crippen molar-refractivity contribution in [3.8, 4) is 0 Å². The second-order valence-electron chi connectivity index (χ2n) is 4.05. The highest BCUT2D eigenvalue weighted by atomic mass is 79.9. The van der Waals surface area contributed by atoms with Gasteiger partial charge in [0.1, 0.15) is 0 Å². The fourth-order valence-corrected chi connectivity index (χ4v) is 2.58. The number of ketones is 1. The van der Waals surface area contributed by atoms with Crippen LogP contribution in [0.25, 0.3) is 0 Å². The highest BCUT2D eigenvalue weighted by molar-refractivity contribution is 9.10. The van der Waals surface area contributed by atoms with E-state index in [1.54, 1.807) is 25.1 Å². The van der Waals surface area contributed by atoms with Crippen molar-refractivity contribution in [3.63, 3.8) is 0 Å². The van der Waals surface area contributed by atoms with Crippen LogP contribution < -0.4 is 0 Å². The highest BCUT2D eigenvalue weighted by Crippen LogP contribution is 2.26. The quantitative estimate of drug-likeness (QED) is 0.477. The third-order valence-electron chi connectivity index (χ3n) is 2.71. The molecule has 104 valence electrons. The Morgan fingerprint density at radius 1 is 1.55 bits per heavy atom. The average molecular weight is 359 g/mol. The first-order valence-electron chi connectivity index (χ1n) is 5.56. The third kappa shape index (κ3) is 2.88. The number of rotatable bonds is 4. The van der Waals surface area contributed by atoms with Gasteiger partial charge < -0.3 is 10.1 Å². The summed E-state index contributed by atoms with van der Waals surface area (Å²) in [4.78, 5) is 26.5. The van der Waals surface area contributed by atoms with Crippen LogP contribution in [0.15, 0.2) is 28.9 Å². The summed E-state index contributed by atoms with van der Waals surface area (Å²) in [7, 11) is 0. The third-order valence-corrected chi connectivity index (χ3v) is 3.48. The van der Waals surface area contributed by atoms with E-state index in [4.69, 9.17) is 11.6 Å². The number of benzene rings is 1. The first kappa shape index (κ1) is 14.7. The molecular weight excluding hydrogens is 350 g/mol. The predicted molar refractivity (Wildman–Crippen MR) is 77.1 cm³/mol. The molecule has 0 amide bonds. The van der Waals surface area contributed by atoms with Crippen LogP contribution in [-0.4, -0.2) is 20.3 Å². The summed E-state index contributed by atoms with van der Waals surface area (Å²) in [5.41, 5.74) is 0.399. The first-order valence-corrected chi connectivity index (χ1v) is 6.73. The maximum Gasteiger partial charge on any atom is 0.357 e. The van der Waals surface area contributed by atoms with Gasteiger partial charge >= 0.3 is 5.82 Å². The molecule has 0 spiro atoms. The van der Waals surface area contributed by atoms with Crippen LogP contribution in [0.1, 0.15) is 16.2 Å². The number of halogens is 2. The summed E-state index contributed by atoms with van der Waals surface area (Å²) in [6.07, 6.45) is 0. The molecule has 1 heterocycles. The summed E-state index contributed by atoms with van der Waals surface area (Å²) in [5.74, 6) is -0.125. The van der Waals surface area contributed by atoms with Gasteiger partial charge in [-0.15, -0.1) is 0 Å². The van der Waals surface area contributed by atoms with E-state index < -0.39 is 4.92 Å². The van der Waals surface area contributed by atoms with Gasteiger partial charge in [0.2, 0.25) is 10.4 Å². The van der Waals surface area contributed by atoms with E-state index in [9.17, 15) is 14.9 Å². The SMILES string of the molecule is Cc1nc(Br)c([N+](=O)[O-])n1CC(=O)c1cccc(Cl)c1. The Morgan fingerprint density at radius 2 is 2.25 bits per heavy atom. The van der Waals surface area contributed by atoms with Gasteiger partial charge in [0, 0.05) is 17.5 Å². The van der Waals surface area contributed by atoms with E-state index in [2.05, 4.69) is 20.9 Å². The second-order valence-corrected chi connectivity index (χ2v) is 5.24. The number of hydrogen-bond donors (Lipinski definition) is 0. The Balaban J connectivity index is 2.35. The van der Waals surface area contributed by atoms with Gasteiger partial charge in [0.25, 0.3) is 0 Å². The number of nitro groups is 1. The van der Waals surface area contributed by atoms with Gasteiger partial charge in [-0.2, -0.15) is 4.98 Å². The highest BCUT2D eigenvalue weighted by Gasteiger charge is 2.25. The zero-order valence-corrected chi connectivity index (χ0v) is 12.7. The van der Waals surface area contributed by atoms with Crippen molar-refractivity contribution >= 4 is 39.1 Å². The summed E-state index contributed by atoms with van der Waals surface area (Å²) in [5, 5.41) is 11.4. The molecule has 8 heteroatoms. The van der Waals surface area contributed by atoms with Crippen molar-refractivity contribution in [2.45, 2.75) is 13.5 Å². The van der Waals surface area contributed by atoms with Crippen molar-refractivity contribution < 1.29 is 9.72 Å². The standard InChI is InChI=1S/C12H9BrClN3O3/c1-7-15-11(13)12(17(19)20)16(7)6-10(18)8-3-2-4-9(14)5-8/h2-5H,6H2,1H3. The van der Waals surface area contributed by atoms with Crippen molar-refractivity contribution in [3.05, 3.63) is 55.4 Å². The fraction of sp³-hybridized carbons (Fsp3) is 0.167. The molecule has 0 atom stereocenters. The number of nitrogens with zero attached hydrogens (tertiary/aromatic N) is 3. The normalized spacial score (nSPS) is 10.6. The minimum absolute atomic E-state index is 0.110. The van der Waals surface area contributed by atoms with Gasteiger partial charge in [-0.25, -0.2) is 4.57 Å².